The van der Waals surface area contributed by atoms with Crippen LogP contribution in [0.3, 0.4) is 0 Å². The third kappa shape index (κ3) is 3.05. The van der Waals surface area contributed by atoms with Crippen molar-refractivity contribution >= 4 is 11.8 Å². The monoisotopic (exact) mass is 249 g/mol. The van der Waals surface area contributed by atoms with Crippen molar-refractivity contribution < 1.29 is 0 Å². The summed E-state index contributed by atoms with van der Waals surface area (Å²) in [5, 5.41) is 4.27. The van der Waals surface area contributed by atoms with Crippen LogP contribution in [0.5, 0.6) is 0 Å². The van der Waals surface area contributed by atoms with Gasteiger partial charge in [-0.25, -0.2) is 0 Å². The Hall–Kier alpha value is -0.470. The summed E-state index contributed by atoms with van der Waals surface area (Å²) in [5.74, 6) is 1.96. The molecule has 0 heterocycles. The third-order valence-corrected chi connectivity index (χ3v) is 5.64. The maximum atomic E-state index is 3.44. The summed E-state index contributed by atoms with van der Waals surface area (Å²) in [4.78, 5) is 0. The average Bonchev–Trinajstić information content (AvgIpc) is 2.69. The van der Waals surface area contributed by atoms with Gasteiger partial charge in [-0.05, 0) is 43.9 Å². The van der Waals surface area contributed by atoms with Gasteiger partial charge >= 0.3 is 0 Å². The molecular weight excluding hydrogens is 226 g/mol. The van der Waals surface area contributed by atoms with Crippen molar-refractivity contribution in [2.75, 3.05) is 7.05 Å². The quantitative estimate of drug-likeness (QED) is 0.875. The van der Waals surface area contributed by atoms with Crippen LogP contribution in [0.4, 0.5) is 0 Å². The normalized spacial score (nSPS) is 28.5. The zero-order valence-electron chi connectivity index (χ0n) is 11.1. The lowest BCUT2D eigenvalue weighted by atomic mass is 10.1. The molecule has 0 amide bonds. The molecule has 0 aromatic heterocycles. The number of hydrogen-bond acceptors (Lipinski definition) is 2. The average molecular weight is 249 g/mol. The van der Waals surface area contributed by atoms with E-state index in [0.29, 0.717) is 0 Å². The van der Waals surface area contributed by atoms with Gasteiger partial charge < -0.3 is 5.32 Å². The summed E-state index contributed by atoms with van der Waals surface area (Å²) in [6, 6.07) is 9.47. The molecule has 1 fully saturated rings. The van der Waals surface area contributed by atoms with Gasteiger partial charge in [-0.3, -0.25) is 0 Å². The predicted octanol–water partition coefficient (Wildman–Crippen LogP) is 3.61. The highest BCUT2D eigenvalue weighted by Crippen LogP contribution is 2.36. The second-order valence-corrected chi connectivity index (χ2v) is 6.34. The number of rotatable bonds is 4. The fraction of sp³-hybridized carbons (Fsp3) is 0.600. The zero-order chi connectivity index (χ0) is 12.3. The summed E-state index contributed by atoms with van der Waals surface area (Å²) in [6.45, 7) is 4.61. The molecular formula is C15H23NS. The van der Waals surface area contributed by atoms with Gasteiger partial charge in [0.2, 0.25) is 0 Å². The Morgan fingerprint density at radius 3 is 2.71 bits per heavy atom. The van der Waals surface area contributed by atoms with Crippen LogP contribution in [0.25, 0.3) is 0 Å². The molecule has 0 radical (unpaired) electrons. The third-order valence-electron chi connectivity index (χ3n) is 4.07. The van der Waals surface area contributed by atoms with E-state index in [1.54, 1.807) is 0 Å². The van der Waals surface area contributed by atoms with Gasteiger partial charge in [-0.1, -0.05) is 31.2 Å². The van der Waals surface area contributed by atoms with Crippen molar-refractivity contribution in [3.05, 3.63) is 35.4 Å². The van der Waals surface area contributed by atoms with Crippen LogP contribution in [-0.4, -0.2) is 18.3 Å². The summed E-state index contributed by atoms with van der Waals surface area (Å²) >= 11 is 2.14. The Morgan fingerprint density at radius 1 is 1.29 bits per heavy atom. The Bertz CT molecular complexity index is 364. The van der Waals surface area contributed by atoms with Gasteiger partial charge in [0.05, 0.1) is 0 Å². The zero-order valence-corrected chi connectivity index (χ0v) is 11.9. The van der Waals surface area contributed by atoms with Crippen LogP contribution in [0.2, 0.25) is 0 Å². The molecule has 94 valence electrons. The van der Waals surface area contributed by atoms with Gasteiger partial charge in [0.25, 0.3) is 0 Å². The minimum absolute atomic E-state index is 0.726. The molecule has 2 rings (SSSR count). The van der Waals surface area contributed by atoms with Crippen molar-refractivity contribution in [1.82, 2.24) is 5.32 Å². The lowest BCUT2D eigenvalue weighted by Crippen LogP contribution is -2.30. The summed E-state index contributed by atoms with van der Waals surface area (Å²) in [7, 11) is 2.09. The lowest BCUT2D eigenvalue weighted by Gasteiger charge is -2.20. The van der Waals surface area contributed by atoms with E-state index in [9.17, 15) is 0 Å². The Labute approximate surface area is 109 Å². The first-order chi connectivity index (χ1) is 8.22. The van der Waals surface area contributed by atoms with Gasteiger partial charge in [0.1, 0.15) is 0 Å². The van der Waals surface area contributed by atoms with Gasteiger partial charge in [-0.2, -0.15) is 11.8 Å². The first kappa shape index (κ1) is 13.0. The first-order valence-electron chi connectivity index (χ1n) is 6.55. The second-order valence-electron chi connectivity index (χ2n) is 5.11. The predicted molar refractivity (Wildman–Crippen MR) is 77.5 cm³/mol. The Kier molecular flexibility index (Phi) is 4.52. The number of aryl methyl sites for hydroxylation is 1. The van der Waals surface area contributed by atoms with E-state index in [1.165, 1.54) is 24.0 Å². The standard InChI is InChI=1S/C15H23NS/c1-11-6-4-5-7-13(11)10-17-15-9-8-14(16-3)12(15)2/h4-7,12,14-16H,8-10H2,1-3H3. The van der Waals surface area contributed by atoms with Crippen LogP contribution in [0.1, 0.15) is 30.9 Å². The molecule has 0 bridgehead atoms. The highest BCUT2D eigenvalue weighted by atomic mass is 32.2. The van der Waals surface area contributed by atoms with Crippen molar-refractivity contribution in [3.8, 4) is 0 Å². The molecule has 17 heavy (non-hydrogen) atoms. The van der Waals surface area contributed by atoms with E-state index >= 15 is 0 Å². The summed E-state index contributed by atoms with van der Waals surface area (Å²) in [6.07, 6.45) is 2.70. The molecule has 1 aliphatic rings. The fourth-order valence-corrected chi connectivity index (χ4v) is 4.25. The maximum Gasteiger partial charge on any atom is 0.0190 e. The van der Waals surface area contributed by atoms with Crippen molar-refractivity contribution in [2.24, 2.45) is 5.92 Å². The lowest BCUT2D eigenvalue weighted by molar-refractivity contribution is 0.464. The minimum Gasteiger partial charge on any atom is -0.317 e. The Morgan fingerprint density at radius 2 is 2.06 bits per heavy atom. The number of benzene rings is 1. The second kappa shape index (κ2) is 5.92. The van der Waals surface area contributed by atoms with E-state index < -0.39 is 0 Å². The molecule has 1 saturated carbocycles. The molecule has 2 heteroatoms. The van der Waals surface area contributed by atoms with Gasteiger partial charge in [-0.15, -0.1) is 0 Å². The molecule has 1 aliphatic carbocycles. The molecule has 3 unspecified atom stereocenters. The van der Waals surface area contributed by atoms with Gasteiger partial charge in [0, 0.05) is 17.0 Å². The summed E-state index contributed by atoms with van der Waals surface area (Å²) in [5.41, 5.74) is 2.92. The molecule has 0 aliphatic heterocycles. The van der Waals surface area contributed by atoms with Crippen molar-refractivity contribution in [1.29, 1.82) is 0 Å². The van der Waals surface area contributed by atoms with E-state index in [2.05, 4.69) is 62.2 Å². The Balaban J connectivity index is 1.89. The number of nitrogens with one attached hydrogen (secondary N) is 1. The van der Waals surface area contributed by atoms with Crippen LogP contribution < -0.4 is 5.32 Å². The van der Waals surface area contributed by atoms with Gasteiger partial charge in [0.15, 0.2) is 0 Å². The molecule has 1 aromatic rings. The van der Waals surface area contributed by atoms with Crippen LogP contribution in [-0.2, 0) is 5.75 Å². The van der Waals surface area contributed by atoms with E-state index in [0.717, 1.165) is 23.0 Å². The molecule has 1 N–H and O–H groups in total. The van der Waals surface area contributed by atoms with Crippen LogP contribution in [0, 0.1) is 12.8 Å². The van der Waals surface area contributed by atoms with Crippen molar-refractivity contribution in [3.63, 3.8) is 0 Å². The summed E-state index contributed by atoms with van der Waals surface area (Å²) < 4.78 is 0. The highest BCUT2D eigenvalue weighted by Gasteiger charge is 2.31. The molecule has 0 spiro atoms. The fourth-order valence-electron chi connectivity index (χ4n) is 2.74. The SMILES string of the molecule is CNC1CCC(SCc2ccccc2C)C1C. The number of thioether (sulfide) groups is 1. The van der Waals surface area contributed by atoms with Crippen LogP contribution >= 0.6 is 11.8 Å². The van der Waals surface area contributed by atoms with Crippen LogP contribution in [0.15, 0.2) is 24.3 Å². The highest BCUT2D eigenvalue weighted by molar-refractivity contribution is 7.99. The minimum atomic E-state index is 0.726. The molecule has 0 saturated heterocycles. The first-order valence-corrected chi connectivity index (χ1v) is 7.60. The molecule has 1 aromatic carbocycles. The molecule has 1 nitrogen and oxygen atoms in total. The largest absolute Gasteiger partial charge is 0.317 e. The molecule has 3 atom stereocenters. The smallest absolute Gasteiger partial charge is 0.0190 e. The van der Waals surface area contributed by atoms with E-state index in [1.807, 2.05) is 0 Å². The van der Waals surface area contributed by atoms with E-state index in [4.69, 9.17) is 0 Å². The van der Waals surface area contributed by atoms with Crippen molar-refractivity contribution in [2.45, 2.75) is 43.7 Å². The maximum absolute atomic E-state index is 3.44. The van der Waals surface area contributed by atoms with E-state index in [-0.39, 0.29) is 0 Å². The number of hydrogen-bond donors (Lipinski definition) is 1. The topological polar surface area (TPSA) is 12.0 Å².